The first kappa shape index (κ1) is 18.4. The van der Waals surface area contributed by atoms with Crippen LogP contribution in [0, 0.1) is 6.92 Å². The normalized spacial score (nSPS) is 13.8. The zero-order valence-corrected chi connectivity index (χ0v) is 16.1. The van der Waals surface area contributed by atoms with E-state index in [-0.39, 0.29) is 5.56 Å². The van der Waals surface area contributed by atoms with Gasteiger partial charge in [-0.1, -0.05) is 24.1 Å². The van der Waals surface area contributed by atoms with Gasteiger partial charge in [-0.15, -0.1) is 0 Å². The number of aromatic carboxylic acids is 1. The fourth-order valence-corrected chi connectivity index (χ4v) is 3.45. The maximum atomic E-state index is 11.5. The van der Waals surface area contributed by atoms with Crippen LogP contribution in [-0.2, 0) is 0 Å². The summed E-state index contributed by atoms with van der Waals surface area (Å²) in [5, 5.41) is 13.3. The van der Waals surface area contributed by atoms with E-state index in [1.54, 1.807) is 12.3 Å². The third kappa shape index (κ3) is 3.55. The van der Waals surface area contributed by atoms with Crippen LogP contribution in [0.1, 0.15) is 46.7 Å². The lowest BCUT2D eigenvalue weighted by Gasteiger charge is -2.27. The highest BCUT2D eigenvalue weighted by Gasteiger charge is 2.25. The Labute approximate surface area is 167 Å². The van der Waals surface area contributed by atoms with Crippen molar-refractivity contribution in [3.63, 3.8) is 0 Å². The van der Waals surface area contributed by atoms with Crippen LogP contribution < -0.4 is 5.32 Å². The van der Waals surface area contributed by atoms with E-state index in [0.29, 0.717) is 28.3 Å². The predicted molar refractivity (Wildman–Crippen MR) is 108 cm³/mol. The molecule has 0 unspecified atom stereocenters. The topological polar surface area (TPSA) is 88.0 Å². The van der Waals surface area contributed by atoms with Gasteiger partial charge in [0.1, 0.15) is 11.4 Å². The minimum atomic E-state index is -1.04. The molecule has 1 aliphatic rings. The molecule has 1 saturated carbocycles. The van der Waals surface area contributed by atoms with Gasteiger partial charge in [-0.3, -0.25) is 4.98 Å². The highest BCUT2D eigenvalue weighted by Crippen LogP contribution is 2.40. The largest absolute Gasteiger partial charge is 0.478 e. The third-order valence-corrected chi connectivity index (χ3v) is 5.34. The molecule has 2 aromatic heterocycles. The molecular weight excluding hydrogens is 376 g/mol. The molecule has 0 radical (unpaired) electrons. The van der Waals surface area contributed by atoms with Crippen molar-refractivity contribution in [3.8, 4) is 11.4 Å². The maximum Gasteiger partial charge on any atom is 0.339 e. The summed E-state index contributed by atoms with van der Waals surface area (Å²) in [6.07, 6.45) is 8.06. The van der Waals surface area contributed by atoms with Crippen LogP contribution in [-0.4, -0.2) is 26.0 Å². The maximum absolute atomic E-state index is 11.5. The monoisotopic (exact) mass is 394 g/mol. The van der Waals surface area contributed by atoms with E-state index in [1.165, 1.54) is 12.6 Å². The lowest BCUT2D eigenvalue weighted by atomic mass is 9.80. The van der Waals surface area contributed by atoms with Crippen molar-refractivity contribution in [2.24, 2.45) is 0 Å². The number of nitrogens with zero attached hydrogens (tertiary/aromatic N) is 3. The molecule has 0 aliphatic heterocycles. The van der Waals surface area contributed by atoms with E-state index in [1.807, 2.05) is 31.3 Å². The molecule has 7 heteroatoms. The molecule has 4 rings (SSSR count). The van der Waals surface area contributed by atoms with Gasteiger partial charge in [-0.05, 0) is 49.4 Å². The molecule has 1 aliphatic carbocycles. The van der Waals surface area contributed by atoms with Crippen molar-refractivity contribution in [3.05, 3.63) is 64.6 Å². The molecule has 2 heterocycles. The van der Waals surface area contributed by atoms with Crippen molar-refractivity contribution < 1.29 is 9.90 Å². The summed E-state index contributed by atoms with van der Waals surface area (Å²) in [4.78, 5) is 24.8. The van der Waals surface area contributed by atoms with Gasteiger partial charge in [0, 0.05) is 34.7 Å². The molecule has 2 N–H and O–H groups in total. The average Bonchev–Trinajstić information content (AvgIpc) is 2.64. The Balaban J connectivity index is 1.80. The number of aryl methyl sites for hydroxylation is 1. The number of hydrogen-bond donors (Lipinski definition) is 2. The summed E-state index contributed by atoms with van der Waals surface area (Å²) in [7, 11) is 0. The molecule has 142 valence electrons. The number of benzene rings is 1. The third-order valence-electron chi connectivity index (χ3n) is 5.11. The predicted octanol–water partition coefficient (Wildman–Crippen LogP) is 5.21. The molecule has 1 fully saturated rings. The average molecular weight is 395 g/mol. The van der Waals surface area contributed by atoms with Crippen LogP contribution in [0.25, 0.3) is 11.4 Å². The van der Waals surface area contributed by atoms with Crippen molar-refractivity contribution in [1.82, 2.24) is 15.0 Å². The van der Waals surface area contributed by atoms with Gasteiger partial charge in [-0.25, -0.2) is 14.8 Å². The number of carbonyl (C=O) groups is 1. The van der Waals surface area contributed by atoms with Crippen molar-refractivity contribution in [1.29, 1.82) is 0 Å². The van der Waals surface area contributed by atoms with Crippen LogP contribution in [0.3, 0.4) is 0 Å². The van der Waals surface area contributed by atoms with Gasteiger partial charge in [-0.2, -0.15) is 0 Å². The first-order valence-electron chi connectivity index (χ1n) is 9.10. The number of hydrogen-bond acceptors (Lipinski definition) is 5. The molecule has 3 aromatic rings. The Morgan fingerprint density at radius 2 is 2.07 bits per heavy atom. The van der Waals surface area contributed by atoms with E-state index in [2.05, 4.69) is 15.3 Å². The van der Waals surface area contributed by atoms with Gasteiger partial charge in [0.05, 0.1) is 5.69 Å². The number of carboxylic acids is 1. The zero-order valence-electron chi connectivity index (χ0n) is 15.3. The smallest absolute Gasteiger partial charge is 0.339 e. The molecule has 0 atom stereocenters. The van der Waals surface area contributed by atoms with Gasteiger partial charge >= 0.3 is 5.97 Å². The summed E-state index contributed by atoms with van der Waals surface area (Å²) in [5.41, 5.74) is 3.42. The second-order valence-electron chi connectivity index (χ2n) is 6.94. The molecule has 28 heavy (non-hydrogen) atoms. The van der Waals surface area contributed by atoms with Gasteiger partial charge in [0.2, 0.25) is 0 Å². The highest BCUT2D eigenvalue weighted by atomic mass is 35.5. The standard InChI is InChI=1S/C21H19ClN4O2/c1-12-5-6-14(22)9-15(12)19-24-11-16(13-3-2-4-13)20(26-19)25-18-7-8-23-10-17(18)21(27)28/h5-11,13H,2-4H2,1H3,(H,27,28)(H,23,24,25,26). The number of aromatic nitrogens is 3. The fraction of sp³-hybridized carbons (Fsp3) is 0.238. The summed E-state index contributed by atoms with van der Waals surface area (Å²) < 4.78 is 0. The van der Waals surface area contributed by atoms with Crippen molar-refractivity contribution >= 4 is 29.1 Å². The highest BCUT2D eigenvalue weighted by molar-refractivity contribution is 6.30. The van der Waals surface area contributed by atoms with Gasteiger partial charge in [0.15, 0.2) is 5.82 Å². The van der Waals surface area contributed by atoms with Crippen LogP contribution in [0.4, 0.5) is 11.5 Å². The summed E-state index contributed by atoms with van der Waals surface area (Å²) >= 11 is 6.16. The number of anilines is 2. The molecule has 1 aromatic carbocycles. The van der Waals surface area contributed by atoms with E-state index in [0.717, 1.165) is 29.5 Å². The Hall–Kier alpha value is -2.99. The minimum Gasteiger partial charge on any atom is -0.478 e. The number of carboxylic acid groups (broad SMARTS) is 1. The minimum absolute atomic E-state index is 0.0983. The molecule has 6 nitrogen and oxygen atoms in total. The van der Waals surface area contributed by atoms with E-state index in [4.69, 9.17) is 16.6 Å². The molecule has 0 spiro atoms. The quantitative estimate of drug-likeness (QED) is 0.617. The second-order valence-corrected chi connectivity index (χ2v) is 7.37. The lowest BCUT2D eigenvalue weighted by molar-refractivity contribution is 0.0697. The number of halogens is 1. The molecule has 0 bridgehead atoms. The SMILES string of the molecule is Cc1ccc(Cl)cc1-c1ncc(C2CCC2)c(Nc2ccncc2C(=O)O)n1. The fourth-order valence-electron chi connectivity index (χ4n) is 3.28. The number of rotatable bonds is 5. The number of nitrogens with one attached hydrogen (secondary N) is 1. The lowest BCUT2D eigenvalue weighted by Crippen LogP contribution is -2.14. The molecule has 0 saturated heterocycles. The van der Waals surface area contributed by atoms with Gasteiger partial charge < -0.3 is 10.4 Å². The van der Waals surface area contributed by atoms with Crippen LogP contribution >= 0.6 is 11.6 Å². The van der Waals surface area contributed by atoms with Crippen molar-refractivity contribution in [2.75, 3.05) is 5.32 Å². The summed E-state index contributed by atoms with van der Waals surface area (Å²) in [6.45, 7) is 1.98. The van der Waals surface area contributed by atoms with E-state index >= 15 is 0 Å². The Bertz CT molecular complexity index is 1050. The Kier molecular flexibility index (Phi) is 4.96. The van der Waals surface area contributed by atoms with Crippen LogP contribution in [0.2, 0.25) is 5.02 Å². The van der Waals surface area contributed by atoms with E-state index < -0.39 is 5.97 Å². The zero-order chi connectivity index (χ0) is 19.7. The Morgan fingerprint density at radius 1 is 1.25 bits per heavy atom. The summed E-state index contributed by atoms with van der Waals surface area (Å²) in [6, 6.07) is 7.24. The number of pyridine rings is 1. The first-order valence-corrected chi connectivity index (χ1v) is 9.48. The van der Waals surface area contributed by atoms with Crippen LogP contribution in [0.5, 0.6) is 0 Å². The molecule has 0 amide bonds. The van der Waals surface area contributed by atoms with Crippen molar-refractivity contribution in [2.45, 2.75) is 32.1 Å². The van der Waals surface area contributed by atoms with Crippen LogP contribution in [0.15, 0.2) is 42.9 Å². The summed E-state index contributed by atoms with van der Waals surface area (Å²) in [5.74, 6) is 0.521. The second kappa shape index (κ2) is 7.56. The Morgan fingerprint density at radius 3 is 2.79 bits per heavy atom. The first-order chi connectivity index (χ1) is 13.5. The molecular formula is C21H19ClN4O2. The van der Waals surface area contributed by atoms with E-state index in [9.17, 15) is 9.90 Å². The van der Waals surface area contributed by atoms with Gasteiger partial charge in [0.25, 0.3) is 0 Å².